The lowest BCUT2D eigenvalue weighted by Crippen LogP contribution is -2.13. The summed E-state index contributed by atoms with van der Waals surface area (Å²) in [5.41, 5.74) is 7.64. The highest BCUT2D eigenvalue weighted by Gasteiger charge is 2.12. The van der Waals surface area contributed by atoms with Gasteiger partial charge in [-0.3, -0.25) is 4.57 Å². The van der Waals surface area contributed by atoms with Crippen molar-refractivity contribution >= 4 is 16.7 Å². The van der Waals surface area contributed by atoms with Crippen molar-refractivity contribution in [3.8, 4) is 17.1 Å². The zero-order valence-electron chi connectivity index (χ0n) is 9.69. The molecule has 6 heteroatoms. The van der Waals surface area contributed by atoms with E-state index in [0.717, 1.165) is 10.9 Å². The standard InChI is InChI=1S/C12H12N4O2/c1-16-11(13)10(15-12(16)18)9-4-6-2-3-7(17)5-8(6)14-9/h2-5,14,17H,13H2,1H3,(H,15,18). The van der Waals surface area contributed by atoms with Crippen LogP contribution < -0.4 is 11.4 Å². The van der Waals surface area contributed by atoms with Gasteiger partial charge in [-0.05, 0) is 18.2 Å². The number of fused-ring (bicyclic) bond motifs is 1. The Morgan fingerprint density at radius 2 is 2.06 bits per heavy atom. The number of H-pyrrole nitrogens is 2. The molecule has 0 aliphatic heterocycles. The summed E-state index contributed by atoms with van der Waals surface area (Å²) in [5.74, 6) is 0.557. The van der Waals surface area contributed by atoms with E-state index >= 15 is 0 Å². The van der Waals surface area contributed by atoms with Crippen LogP contribution in [0.1, 0.15) is 0 Å². The first-order chi connectivity index (χ1) is 8.56. The lowest BCUT2D eigenvalue weighted by atomic mass is 10.2. The minimum absolute atomic E-state index is 0.186. The number of hydrogen-bond donors (Lipinski definition) is 4. The number of anilines is 1. The van der Waals surface area contributed by atoms with Gasteiger partial charge in [0, 0.05) is 24.0 Å². The van der Waals surface area contributed by atoms with Gasteiger partial charge in [-0.2, -0.15) is 0 Å². The molecule has 0 bridgehead atoms. The van der Waals surface area contributed by atoms with Crippen molar-refractivity contribution in [1.82, 2.24) is 14.5 Å². The zero-order chi connectivity index (χ0) is 12.9. The highest BCUT2D eigenvalue weighted by atomic mass is 16.3. The lowest BCUT2D eigenvalue weighted by molar-refractivity contribution is 0.476. The molecule has 92 valence electrons. The Morgan fingerprint density at radius 1 is 1.28 bits per heavy atom. The predicted molar refractivity (Wildman–Crippen MR) is 69.4 cm³/mol. The predicted octanol–water partition coefficient (Wildman–Crippen LogP) is 1.15. The van der Waals surface area contributed by atoms with Crippen molar-refractivity contribution in [2.24, 2.45) is 7.05 Å². The van der Waals surface area contributed by atoms with Crippen molar-refractivity contribution in [2.75, 3.05) is 5.73 Å². The molecule has 0 aliphatic rings. The summed E-state index contributed by atoms with van der Waals surface area (Å²) in [6.45, 7) is 0. The van der Waals surface area contributed by atoms with Crippen LogP contribution in [0.4, 0.5) is 5.82 Å². The van der Waals surface area contributed by atoms with Gasteiger partial charge in [0.2, 0.25) is 0 Å². The number of phenolic OH excluding ortho intramolecular Hbond substituents is 1. The molecular formula is C12H12N4O2. The van der Waals surface area contributed by atoms with E-state index in [1.54, 1.807) is 25.2 Å². The zero-order valence-corrected chi connectivity index (χ0v) is 9.69. The van der Waals surface area contributed by atoms with Crippen molar-refractivity contribution in [1.29, 1.82) is 0 Å². The van der Waals surface area contributed by atoms with Crippen molar-refractivity contribution in [3.63, 3.8) is 0 Å². The Hall–Kier alpha value is -2.63. The first-order valence-corrected chi connectivity index (χ1v) is 5.43. The van der Waals surface area contributed by atoms with Crippen LogP contribution in [-0.4, -0.2) is 19.6 Å². The number of nitrogen functional groups attached to an aromatic ring is 1. The first-order valence-electron chi connectivity index (χ1n) is 5.43. The Balaban J connectivity index is 2.25. The average Bonchev–Trinajstić information content (AvgIpc) is 2.85. The third-order valence-electron chi connectivity index (χ3n) is 3.03. The van der Waals surface area contributed by atoms with Gasteiger partial charge in [-0.25, -0.2) is 4.79 Å². The topological polar surface area (TPSA) is 99.8 Å². The Labute approximate surface area is 102 Å². The number of nitrogens with two attached hydrogens (primary N) is 1. The second-order valence-electron chi connectivity index (χ2n) is 4.20. The minimum Gasteiger partial charge on any atom is -0.508 e. The second-order valence-corrected chi connectivity index (χ2v) is 4.20. The van der Waals surface area contributed by atoms with Crippen LogP contribution in [0.15, 0.2) is 29.1 Å². The summed E-state index contributed by atoms with van der Waals surface area (Å²) in [7, 11) is 1.60. The van der Waals surface area contributed by atoms with Gasteiger partial charge in [0.1, 0.15) is 17.3 Å². The summed E-state index contributed by atoms with van der Waals surface area (Å²) < 4.78 is 1.35. The maximum Gasteiger partial charge on any atom is 0.327 e. The van der Waals surface area contributed by atoms with Crippen LogP contribution in [0.25, 0.3) is 22.3 Å². The van der Waals surface area contributed by atoms with E-state index in [-0.39, 0.29) is 11.4 Å². The van der Waals surface area contributed by atoms with Crippen molar-refractivity contribution in [3.05, 3.63) is 34.7 Å². The van der Waals surface area contributed by atoms with Crippen LogP contribution in [0, 0.1) is 0 Å². The summed E-state index contributed by atoms with van der Waals surface area (Å²) in [5, 5.41) is 10.3. The molecular weight excluding hydrogens is 232 g/mol. The molecule has 0 unspecified atom stereocenters. The van der Waals surface area contributed by atoms with E-state index in [1.807, 2.05) is 6.07 Å². The number of aromatic hydroxyl groups is 1. The Morgan fingerprint density at radius 3 is 2.72 bits per heavy atom. The molecule has 2 aromatic heterocycles. The number of imidazole rings is 1. The summed E-state index contributed by atoms with van der Waals surface area (Å²) in [4.78, 5) is 17.3. The fourth-order valence-corrected chi connectivity index (χ4v) is 1.99. The van der Waals surface area contributed by atoms with Gasteiger partial charge in [-0.15, -0.1) is 0 Å². The third-order valence-corrected chi connectivity index (χ3v) is 3.03. The van der Waals surface area contributed by atoms with Gasteiger partial charge in [0.15, 0.2) is 0 Å². The molecule has 2 heterocycles. The maximum atomic E-state index is 11.5. The van der Waals surface area contributed by atoms with Crippen LogP contribution >= 0.6 is 0 Å². The normalized spacial score (nSPS) is 11.2. The van der Waals surface area contributed by atoms with E-state index in [2.05, 4.69) is 9.97 Å². The Bertz CT molecular complexity index is 794. The molecule has 1 aromatic carbocycles. The molecule has 0 amide bonds. The Kier molecular flexibility index (Phi) is 2.00. The SMILES string of the molecule is Cn1c(N)c(-c2cc3ccc(O)cc3[nH]2)[nH]c1=O. The average molecular weight is 244 g/mol. The number of aromatic amines is 2. The fourth-order valence-electron chi connectivity index (χ4n) is 1.99. The second kappa shape index (κ2) is 3.43. The quantitative estimate of drug-likeness (QED) is 0.516. The summed E-state index contributed by atoms with van der Waals surface area (Å²) in [6.07, 6.45) is 0. The van der Waals surface area contributed by atoms with E-state index in [1.165, 1.54) is 4.57 Å². The van der Waals surface area contributed by atoms with Crippen LogP contribution in [0.3, 0.4) is 0 Å². The summed E-state index contributed by atoms with van der Waals surface area (Å²) in [6, 6.07) is 6.89. The largest absolute Gasteiger partial charge is 0.508 e. The first kappa shape index (κ1) is 10.5. The molecule has 6 nitrogen and oxygen atoms in total. The number of nitrogens with zero attached hydrogens (tertiary/aromatic N) is 1. The molecule has 0 saturated carbocycles. The molecule has 0 atom stereocenters. The van der Waals surface area contributed by atoms with Crippen molar-refractivity contribution < 1.29 is 5.11 Å². The number of hydrogen-bond acceptors (Lipinski definition) is 3. The molecule has 18 heavy (non-hydrogen) atoms. The number of aromatic nitrogens is 3. The van der Waals surface area contributed by atoms with E-state index in [9.17, 15) is 9.90 Å². The molecule has 0 saturated heterocycles. The minimum atomic E-state index is -0.260. The highest BCUT2D eigenvalue weighted by molar-refractivity contribution is 5.87. The molecule has 0 aliphatic carbocycles. The van der Waals surface area contributed by atoms with E-state index < -0.39 is 0 Å². The van der Waals surface area contributed by atoms with Gasteiger partial charge in [0.25, 0.3) is 0 Å². The third kappa shape index (κ3) is 1.39. The molecule has 0 fully saturated rings. The molecule has 0 spiro atoms. The van der Waals surface area contributed by atoms with Crippen molar-refractivity contribution in [2.45, 2.75) is 0 Å². The monoisotopic (exact) mass is 244 g/mol. The molecule has 3 aromatic rings. The smallest absolute Gasteiger partial charge is 0.327 e. The molecule has 3 rings (SSSR count). The summed E-state index contributed by atoms with van der Waals surface area (Å²) >= 11 is 0. The molecule has 5 N–H and O–H groups in total. The van der Waals surface area contributed by atoms with E-state index in [0.29, 0.717) is 17.2 Å². The number of rotatable bonds is 1. The number of benzene rings is 1. The number of phenols is 1. The lowest BCUT2D eigenvalue weighted by Gasteiger charge is -1.96. The van der Waals surface area contributed by atoms with Gasteiger partial charge >= 0.3 is 5.69 Å². The van der Waals surface area contributed by atoms with Crippen LogP contribution in [0.5, 0.6) is 5.75 Å². The van der Waals surface area contributed by atoms with E-state index in [4.69, 9.17) is 5.73 Å². The fraction of sp³-hybridized carbons (Fsp3) is 0.0833. The number of nitrogens with one attached hydrogen (secondary N) is 2. The van der Waals surface area contributed by atoms with Crippen LogP contribution in [0.2, 0.25) is 0 Å². The molecule has 0 radical (unpaired) electrons. The highest BCUT2D eigenvalue weighted by Crippen LogP contribution is 2.27. The van der Waals surface area contributed by atoms with Gasteiger partial charge in [-0.1, -0.05) is 0 Å². The van der Waals surface area contributed by atoms with Gasteiger partial charge in [0.05, 0.1) is 5.69 Å². The van der Waals surface area contributed by atoms with Crippen LogP contribution in [-0.2, 0) is 7.05 Å². The maximum absolute atomic E-state index is 11.5. The van der Waals surface area contributed by atoms with Gasteiger partial charge < -0.3 is 20.8 Å².